The minimum Gasteiger partial charge on any atom is -0.349 e. The molecule has 0 fully saturated rings. The van der Waals surface area contributed by atoms with Gasteiger partial charge < -0.3 is 5.32 Å². The number of hydrogen-bond donors (Lipinski definition) is 2. The zero-order chi connectivity index (χ0) is 13.2. The normalized spacial score (nSPS) is 11.6. The Bertz CT molecular complexity index is 516. The summed E-state index contributed by atoms with van der Waals surface area (Å²) in [5, 5.41) is 8.01. The van der Waals surface area contributed by atoms with E-state index in [-0.39, 0.29) is 5.95 Å². The Hall–Kier alpha value is -2.05. The van der Waals surface area contributed by atoms with Crippen LogP contribution in [0.15, 0.2) is 24.3 Å². The quantitative estimate of drug-likeness (QED) is 0.887. The van der Waals surface area contributed by atoms with Crippen molar-refractivity contribution in [1.29, 1.82) is 0 Å². The highest BCUT2D eigenvalue weighted by Gasteiger charge is 2.35. The van der Waals surface area contributed by atoms with Crippen molar-refractivity contribution in [2.75, 3.05) is 5.32 Å². The van der Waals surface area contributed by atoms with Gasteiger partial charge in [0, 0.05) is 6.54 Å². The molecule has 1 aromatic heterocycles. The molecule has 0 bridgehead atoms. The Labute approximate surface area is 101 Å². The molecule has 0 saturated carbocycles. The average molecular weight is 256 g/mol. The van der Waals surface area contributed by atoms with Crippen molar-refractivity contribution in [3.05, 3.63) is 41.2 Å². The number of aromatic amines is 1. The van der Waals surface area contributed by atoms with Crippen LogP contribution in [0.3, 0.4) is 0 Å². The van der Waals surface area contributed by atoms with Crippen molar-refractivity contribution in [2.45, 2.75) is 19.6 Å². The van der Waals surface area contributed by atoms with Crippen molar-refractivity contribution in [1.82, 2.24) is 15.2 Å². The van der Waals surface area contributed by atoms with Crippen LogP contribution in [0.2, 0.25) is 0 Å². The van der Waals surface area contributed by atoms with Gasteiger partial charge in [-0.15, -0.1) is 5.10 Å². The van der Waals surface area contributed by atoms with Crippen molar-refractivity contribution in [3.8, 4) is 0 Å². The maximum atomic E-state index is 12.2. The number of hydrogen-bond acceptors (Lipinski definition) is 3. The number of halogens is 3. The van der Waals surface area contributed by atoms with Crippen LogP contribution in [-0.4, -0.2) is 15.2 Å². The Kier molecular flexibility index (Phi) is 3.22. The average Bonchev–Trinajstić information content (AvgIpc) is 2.77. The number of benzene rings is 1. The highest BCUT2D eigenvalue weighted by Crippen LogP contribution is 2.26. The van der Waals surface area contributed by atoms with E-state index in [4.69, 9.17) is 0 Å². The number of nitrogens with zero attached hydrogens (tertiary/aromatic N) is 2. The summed E-state index contributed by atoms with van der Waals surface area (Å²) in [4.78, 5) is 3.31. The van der Waals surface area contributed by atoms with Gasteiger partial charge in [-0.25, -0.2) is 0 Å². The van der Waals surface area contributed by atoms with Gasteiger partial charge in [-0.05, 0) is 12.5 Å². The number of anilines is 1. The molecular weight excluding hydrogens is 245 g/mol. The fourth-order valence-corrected chi connectivity index (χ4v) is 1.35. The predicted molar refractivity (Wildman–Crippen MR) is 59.9 cm³/mol. The maximum absolute atomic E-state index is 12.2. The van der Waals surface area contributed by atoms with Gasteiger partial charge in [-0.1, -0.05) is 29.8 Å². The summed E-state index contributed by atoms with van der Waals surface area (Å²) in [5.41, 5.74) is 2.06. The van der Waals surface area contributed by atoms with E-state index >= 15 is 0 Å². The largest absolute Gasteiger partial charge is 0.451 e. The molecule has 2 aromatic rings. The Morgan fingerprint density at radius 1 is 1.22 bits per heavy atom. The van der Waals surface area contributed by atoms with Crippen LogP contribution in [0.4, 0.5) is 19.1 Å². The fourth-order valence-electron chi connectivity index (χ4n) is 1.35. The summed E-state index contributed by atoms with van der Waals surface area (Å²) in [7, 11) is 0. The van der Waals surface area contributed by atoms with Crippen LogP contribution in [0.25, 0.3) is 0 Å². The molecule has 0 atom stereocenters. The van der Waals surface area contributed by atoms with E-state index in [1.165, 1.54) is 0 Å². The lowest BCUT2D eigenvalue weighted by molar-refractivity contribution is -0.144. The molecule has 2 N–H and O–H groups in total. The van der Waals surface area contributed by atoms with Gasteiger partial charge in [-0.2, -0.15) is 18.2 Å². The van der Waals surface area contributed by atoms with E-state index in [9.17, 15) is 13.2 Å². The highest BCUT2D eigenvalue weighted by atomic mass is 19.4. The van der Waals surface area contributed by atoms with Crippen LogP contribution in [0.1, 0.15) is 17.0 Å². The Balaban J connectivity index is 1.98. The second-order valence-electron chi connectivity index (χ2n) is 3.84. The van der Waals surface area contributed by atoms with Crippen molar-refractivity contribution in [3.63, 3.8) is 0 Å². The van der Waals surface area contributed by atoms with E-state index in [0.717, 1.165) is 11.1 Å². The Morgan fingerprint density at radius 3 is 2.44 bits per heavy atom. The number of rotatable bonds is 3. The smallest absolute Gasteiger partial charge is 0.349 e. The molecule has 0 amide bonds. The third-order valence-corrected chi connectivity index (χ3v) is 2.33. The second kappa shape index (κ2) is 4.67. The van der Waals surface area contributed by atoms with Gasteiger partial charge >= 0.3 is 6.18 Å². The molecule has 0 aliphatic heterocycles. The summed E-state index contributed by atoms with van der Waals surface area (Å²) in [5.74, 6) is -1.17. The van der Waals surface area contributed by atoms with Crippen LogP contribution in [-0.2, 0) is 12.7 Å². The minimum atomic E-state index is -4.50. The minimum absolute atomic E-state index is 0.0668. The third-order valence-electron chi connectivity index (χ3n) is 2.33. The molecule has 0 unspecified atom stereocenters. The molecule has 0 saturated heterocycles. The van der Waals surface area contributed by atoms with Gasteiger partial charge in [0.1, 0.15) is 0 Å². The van der Waals surface area contributed by atoms with E-state index < -0.39 is 12.0 Å². The number of aromatic nitrogens is 3. The SMILES string of the molecule is Cc1ccc(CNc2n[nH]c(C(F)(F)F)n2)cc1. The van der Waals surface area contributed by atoms with E-state index in [2.05, 4.69) is 15.4 Å². The fraction of sp³-hybridized carbons (Fsp3) is 0.273. The zero-order valence-electron chi connectivity index (χ0n) is 9.54. The number of H-pyrrole nitrogens is 1. The monoisotopic (exact) mass is 256 g/mol. The summed E-state index contributed by atoms with van der Waals surface area (Å²) in [6, 6.07) is 7.63. The molecule has 7 heteroatoms. The van der Waals surface area contributed by atoms with E-state index in [1.807, 2.05) is 36.3 Å². The van der Waals surface area contributed by atoms with E-state index in [0.29, 0.717) is 6.54 Å². The van der Waals surface area contributed by atoms with Gasteiger partial charge in [-0.3, -0.25) is 5.10 Å². The number of aryl methyl sites for hydroxylation is 1. The highest BCUT2D eigenvalue weighted by molar-refractivity contribution is 5.28. The number of nitrogens with one attached hydrogen (secondary N) is 2. The van der Waals surface area contributed by atoms with E-state index in [1.54, 1.807) is 0 Å². The topological polar surface area (TPSA) is 53.6 Å². The summed E-state index contributed by atoms with van der Waals surface area (Å²) < 4.78 is 36.7. The lowest BCUT2D eigenvalue weighted by Gasteiger charge is -2.02. The first-order chi connectivity index (χ1) is 8.45. The standard InChI is InChI=1S/C11H11F3N4/c1-7-2-4-8(5-3-7)6-15-10-16-9(17-18-10)11(12,13)14/h2-5H,6H2,1H3,(H2,15,16,17,18). The van der Waals surface area contributed by atoms with Crippen LogP contribution < -0.4 is 5.32 Å². The van der Waals surface area contributed by atoms with Gasteiger partial charge in [0.2, 0.25) is 11.8 Å². The molecular formula is C11H11F3N4. The Morgan fingerprint density at radius 2 is 1.89 bits per heavy atom. The molecule has 1 aromatic carbocycles. The second-order valence-corrected chi connectivity index (χ2v) is 3.84. The van der Waals surface area contributed by atoms with Gasteiger partial charge in [0.15, 0.2) is 0 Å². The lowest BCUT2D eigenvalue weighted by atomic mass is 10.1. The summed E-state index contributed by atoms with van der Waals surface area (Å²) >= 11 is 0. The summed E-state index contributed by atoms with van der Waals surface area (Å²) in [6.45, 7) is 2.33. The third kappa shape index (κ3) is 2.99. The molecule has 0 radical (unpaired) electrons. The molecule has 2 rings (SSSR count). The van der Waals surface area contributed by atoms with Gasteiger partial charge in [0.25, 0.3) is 0 Å². The first-order valence-corrected chi connectivity index (χ1v) is 5.24. The van der Waals surface area contributed by atoms with Crippen LogP contribution in [0.5, 0.6) is 0 Å². The first kappa shape index (κ1) is 12.4. The molecule has 4 nitrogen and oxygen atoms in total. The molecule has 0 aliphatic rings. The number of alkyl halides is 3. The zero-order valence-corrected chi connectivity index (χ0v) is 9.54. The molecule has 1 heterocycles. The molecule has 96 valence electrons. The molecule has 0 aliphatic carbocycles. The van der Waals surface area contributed by atoms with Crippen molar-refractivity contribution in [2.24, 2.45) is 0 Å². The first-order valence-electron chi connectivity index (χ1n) is 5.24. The molecule has 18 heavy (non-hydrogen) atoms. The van der Waals surface area contributed by atoms with Crippen LogP contribution in [0, 0.1) is 6.92 Å². The van der Waals surface area contributed by atoms with Crippen molar-refractivity contribution < 1.29 is 13.2 Å². The molecule has 0 spiro atoms. The van der Waals surface area contributed by atoms with Gasteiger partial charge in [0.05, 0.1) is 0 Å². The van der Waals surface area contributed by atoms with Crippen molar-refractivity contribution >= 4 is 5.95 Å². The van der Waals surface area contributed by atoms with Crippen LogP contribution >= 0.6 is 0 Å². The summed E-state index contributed by atoms with van der Waals surface area (Å²) in [6.07, 6.45) is -4.50. The predicted octanol–water partition coefficient (Wildman–Crippen LogP) is 2.74. The maximum Gasteiger partial charge on any atom is 0.451 e. The lowest BCUT2D eigenvalue weighted by Crippen LogP contribution is -2.07.